The summed E-state index contributed by atoms with van der Waals surface area (Å²) in [6, 6.07) is 21.4. The highest BCUT2D eigenvalue weighted by molar-refractivity contribution is 5.95. The Hall–Kier alpha value is -3.73. The Morgan fingerprint density at radius 2 is 1.79 bits per heavy atom. The van der Waals surface area contributed by atoms with Crippen LogP contribution in [0.1, 0.15) is 27.5 Å². The fourth-order valence-corrected chi connectivity index (χ4v) is 3.21. The normalized spacial score (nSPS) is 11.9. The Morgan fingerprint density at radius 3 is 2.57 bits per heavy atom. The number of aromatic nitrogens is 1. The first-order chi connectivity index (χ1) is 13.6. The lowest BCUT2D eigenvalue weighted by Gasteiger charge is -2.21. The molecule has 0 spiro atoms. The molecule has 1 aromatic heterocycles. The summed E-state index contributed by atoms with van der Waals surface area (Å²) in [5, 5.41) is 14.5. The summed E-state index contributed by atoms with van der Waals surface area (Å²) in [7, 11) is 0. The summed E-state index contributed by atoms with van der Waals surface area (Å²) in [5.41, 5.74) is 1.97. The molecular weight excluding hydrogens is 355 g/mol. The van der Waals surface area contributed by atoms with Crippen molar-refractivity contribution in [3.8, 4) is 5.75 Å². The maximum absolute atomic E-state index is 13.5. The SMILES string of the molecule is O=C(NC(c1ccccc1)c1ccc2cccnc2c1O)c1cccc(F)c1. The second kappa shape index (κ2) is 7.48. The average Bonchev–Trinajstić information content (AvgIpc) is 2.73. The Kier molecular flexibility index (Phi) is 4.72. The molecule has 0 aliphatic rings. The summed E-state index contributed by atoms with van der Waals surface area (Å²) < 4.78 is 13.5. The molecule has 0 fully saturated rings. The molecule has 0 saturated heterocycles. The van der Waals surface area contributed by atoms with Gasteiger partial charge in [0.2, 0.25) is 0 Å². The third kappa shape index (κ3) is 3.42. The number of phenolic OH excluding ortho intramolecular Hbond substituents is 1. The summed E-state index contributed by atoms with van der Waals surface area (Å²) >= 11 is 0. The van der Waals surface area contributed by atoms with Crippen molar-refractivity contribution in [2.75, 3.05) is 0 Å². The van der Waals surface area contributed by atoms with Crippen molar-refractivity contribution in [3.63, 3.8) is 0 Å². The Labute approximate surface area is 161 Å². The molecule has 1 atom stereocenters. The van der Waals surface area contributed by atoms with E-state index in [0.29, 0.717) is 11.1 Å². The topological polar surface area (TPSA) is 62.2 Å². The van der Waals surface area contributed by atoms with E-state index in [1.165, 1.54) is 18.2 Å². The number of hydrogen-bond acceptors (Lipinski definition) is 3. The number of benzene rings is 3. The van der Waals surface area contributed by atoms with Crippen LogP contribution in [0.5, 0.6) is 5.75 Å². The average molecular weight is 372 g/mol. The Morgan fingerprint density at radius 1 is 0.964 bits per heavy atom. The number of halogens is 1. The number of carbonyl (C=O) groups excluding carboxylic acids is 1. The molecule has 0 radical (unpaired) electrons. The summed E-state index contributed by atoms with van der Waals surface area (Å²) in [6.07, 6.45) is 1.61. The van der Waals surface area contributed by atoms with Gasteiger partial charge in [-0.3, -0.25) is 9.78 Å². The molecule has 0 saturated carbocycles. The van der Waals surface area contributed by atoms with Crippen LogP contribution in [0.15, 0.2) is 85.1 Å². The quantitative estimate of drug-likeness (QED) is 0.550. The highest BCUT2D eigenvalue weighted by atomic mass is 19.1. The van der Waals surface area contributed by atoms with Crippen molar-refractivity contribution in [1.82, 2.24) is 10.3 Å². The van der Waals surface area contributed by atoms with Crippen LogP contribution in [0.4, 0.5) is 4.39 Å². The molecule has 0 aliphatic carbocycles. The van der Waals surface area contributed by atoms with Gasteiger partial charge in [0.05, 0.1) is 6.04 Å². The van der Waals surface area contributed by atoms with E-state index in [9.17, 15) is 14.3 Å². The van der Waals surface area contributed by atoms with E-state index in [-0.39, 0.29) is 11.3 Å². The van der Waals surface area contributed by atoms with Crippen molar-refractivity contribution in [2.24, 2.45) is 0 Å². The fourth-order valence-electron chi connectivity index (χ4n) is 3.21. The van der Waals surface area contributed by atoms with E-state index in [1.807, 2.05) is 42.5 Å². The largest absolute Gasteiger partial charge is 0.505 e. The molecular formula is C23H17FN2O2. The van der Waals surface area contributed by atoms with E-state index >= 15 is 0 Å². The molecule has 4 nitrogen and oxygen atoms in total. The summed E-state index contributed by atoms with van der Waals surface area (Å²) in [4.78, 5) is 17.0. The van der Waals surface area contributed by atoms with E-state index < -0.39 is 17.8 Å². The van der Waals surface area contributed by atoms with Gasteiger partial charge in [-0.15, -0.1) is 0 Å². The van der Waals surface area contributed by atoms with Gasteiger partial charge in [0.1, 0.15) is 17.1 Å². The third-order valence-electron chi connectivity index (χ3n) is 4.59. The van der Waals surface area contributed by atoms with Gasteiger partial charge in [0.15, 0.2) is 0 Å². The number of nitrogens with zero attached hydrogens (tertiary/aromatic N) is 1. The van der Waals surface area contributed by atoms with Gasteiger partial charge >= 0.3 is 0 Å². The molecule has 1 heterocycles. The minimum atomic E-state index is -0.622. The second-order valence-electron chi connectivity index (χ2n) is 6.41. The number of aromatic hydroxyl groups is 1. The van der Waals surface area contributed by atoms with Crippen molar-refractivity contribution in [2.45, 2.75) is 6.04 Å². The molecule has 138 valence electrons. The number of nitrogens with one attached hydrogen (secondary N) is 1. The fraction of sp³-hybridized carbons (Fsp3) is 0.0435. The molecule has 4 rings (SSSR count). The lowest BCUT2D eigenvalue weighted by molar-refractivity contribution is 0.0942. The number of rotatable bonds is 4. The second-order valence-corrected chi connectivity index (χ2v) is 6.41. The van der Waals surface area contributed by atoms with E-state index in [4.69, 9.17) is 0 Å². The molecule has 3 aromatic carbocycles. The molecule has 0 aliphatic heterocycles. The lowest BCUT2D eigenvalue weighted by Crippen LogP contribution is -2.29. The van der Waals surface area contributed by atoms with Gasteiger partial charge in [-0.05, 0) is 29.8 Å². The van der Waals surface area contributed by atoms with Crippen LogP contribution < -0.4 is 5.32 Å². The van der Waals surface area contributed by atoms with Crippen LogP contribution in [0.3, 0.4) is 0 Å². The van der Waals surface area contributed by atoms with E-state index in [0.717, 1.165) is 10.9 Å². The van der Waals surface area contributed by atoms with Gasteiger partial charge in [-0.1, -0.05) is 54.6 Å². The molecule has 0 bridgehead atoms. The first-order valence-electron chi connectivity index (χ1n) is 8.81. The molecule has 4 aromatic rings. The maximum Gasteiger partial charge on any atom is 0.252 e. The maximum atomic E-state index is 13.5. The van der Waals surface area contributed by atoms with Crippen LogP contribution in [0, 0.1) is 5.82 Å². The first-order valence-corrected chi connectivity index (χ1v) is 8.81. The summed E-state index contributed by atoms with van der Waals surface area (Å²) in [6.45, 7) is 0. The van der Waals surface area contributed by atoms with Crippen LogP contribution >= 0.6 is 0 Å². The number of phenols is 1. The van der Waals surface area contributed by atoms with Crippen LogP contribution in [-0.2, 0) is 0 Å². The zero-order valence-electron chi connectivity index (χ0n) is 14.8. The number of fused-ring (bicyclic) bond motifs is 1. The van der Waals surface area contributed by atoms with Crippen LogP contribution in [0.2, 0.25) is 0 Å². The number of carbonyl (C=O) groups is 1. The van der Waals surface area contributed by atoms with Crippen molar-refractivity contribution in [3.05, 3.63) is 108 Å². The molecule has 28 heavy (non-hydrogen) atoms. The van der Waals surface area contributed by atoms with Gasteiger partial charge < -0.3 is 10.4 Å². The van der Waals surface area contributed by atoms with Crippen LogP contribution in [0.25, 0.3) is 10.9 Å². The minimum Gasteiger partial charge on any atom is -0.505 e. The number of amides is 1. The number of hydrogen-bond donors (Lipinski definition) is 2. The Balaban J connectivity index is 1.79. The molecule has 1 amide bonds. The van der Waals surface area contributed by atoms with Gasteiger partial charge in [-0.2, -0.15) is 0 Å². The van der Waals surface area contributed by atoms with Gasteiger partial charge in [0, 0.05) is 22.7 Å². The van der Waals surface area contributed by atoms with Crippen LogP contribution in [-0.4, -0.2) is 16.0 Å². The van der Waals surface area contributed by atoms with Crippen molar-refractivity contribution in [1.29, 1.82) is 0 Å². The molecule has 2 N–H and O–H groups in total. The van der Waals surface area contributed by atoms with E-state index in [2.05, 4.69) is 10.3 Å². The number of pyridine rings is 1. The highest BCUT2D eigenvalue weighted by Crippen LogP contribution is 2.34. The predicted octanol–water partition coefficient (Wildman–Crippen LogP) is 4.60. The highest BCUT2D eigenvalue weighted by Gasteiger charge is 2.22. The first kappa shape index (κ1) is 17.7. The van der Waals surface area contributed by atoms with Crippen molar-refractivity contribution < 1.29 is 14.3 Å². The predicted molar refractivity (Wildman–Crippen MR) is 106 cm³/mol. The Bertz CT molecular complexity index is 1150. The van der Waals surface area contributed by atoms with Gasteiger partial charge in [0.25, 0.3) is 5.91 Å². The molecule has 1 unspecified atom stereocenters. The van der Waals surface area contributed by atoms with Crippen molar-refractivity contribution >= 4 is 16.8 Å². The third-order valence-corrected chi connectivity index (χ3v) is 4.59. The smallest absolute Gasteiger partial charge is 0.252 e. The van der Waals surface area contributed by atoms with Gasteiger partial charge in [-0.25, -0.2) is 4.39 Å². The lowest BCUT2D eigenvalue weighted by atomic mass is 9.96. The molecule has 5 heteroatoms. The minimum absolute atomic E-state index is 0.00601. The summed E-state index contributed by atoms with van der Waals surface area (Å²) in [5.74, 6) is -0.915. The zero-order chi connectivity index (χ0) is 19.5. The van der Waals surface area contributed by atoms with E-state index in [1.54, 1.807) is 24.4 Å². The zero-order valence-corrected chi connectivity index (χ0v) is 14.8. The monoisotopic (exact) mass is 372 g/mol. The standard InChI is InChI=1S/C23H17FN2O2/c24-18-10-4-8-17(14-18)23(28)26-20(15-6-2-1-3-7-15)19-12-11-16-9-5-13-25-21(16)22(19)27/h1-14,20,27H,(H,26,28).